The fourth-order valence-electron chi connectivity index (χ4n) is 2.93. The van der Waals surface area contributed by atoms with E-state index >= 15 is 0 Å². The molecule has 2 rings (SSSR count). The molecule has 2 aliphatic heterocycles. The van der Waals surface area contributed by atoms with Crippen LogP contribution < -0.4 is 5.84 Å². The van der Waals surface area contributed by atoms with E-state index < -0.39 is 48.4 Å². The summed E-state index contributed by atoms with van der Waals surface area (Å²) < 4.78 is 21.5. The fourth-order valence-corrected chi connectivity index (χ4v) is 2.93. The second-order valence-corrected chi connectivity index (χ2v) is 6.23. The van der Waals surface area contributed by atoms with Gasteiger partial charge in [0.15, 0.2) is 18.4 Å². The van der Waals surface area contributed by atoms with Crippen LogP contribution in [0, 0.1) is 0 Å². The third-order valence-corrected chi connectivity index (χ3v) is 3.98. The number of amides is 1. The molecule has 0 aromatic rings. The van der Waals surface area contributed by atoms with Crippen molar-refractivity contribution in [1.82, 2.24) is 4.90 Å². The van der Waals surface area contributed by atoms with Crippen molar-refractivity contribution < 1.29 is 38.1 Å². The van der Waals surface area contributed by atoms with Crippen LogP contribution in [0.15, 0.2) is 34.4 Å². The molecular weight excluding hydrogens is 388 g/mol. The van der Waals surface area contributed by atoms with Crippen molar-refractivity contribution >= 4 is 23.8 Å². The molecule has 0 aromatic heterocycles. The van der Waals surface area contributed by atoms with Crippen molar-refractivity contribution in [2.45, 2.75) is 51.7 Å². The van der Waals surface area contributed by atoms with Gasteiger partial charge in [0.25, 0.3) is 5.91 Å². The maximum Gasteiger partial charge on any atom is 0.303 e. The highest BCUT2D eigenvalue weighted by molar-refractivity contribution is 5.94. The molecule has 12 nitrogen and oxygen atoms in total. The Bertz CT molecular complexity index is 763. The van der Waals surface area contributed by atoms with E-state index in [9.17, 15) is 19.2 Å². The molecule has 158 valence electrons. The van der Waals surface area contributed by atoms with Gasteiger partial charge in [0.05, 0.1) is 0 Å². The predicted octanol–water partition coefficient (Wildman–Crippen LogP) is 0.0936. The summed E-state index contributed by atoms with van der Waals surface area (Å²) in [4.78, 5) is 47.8. The zero-order valence-electron chi connectivity index (χ0n) is 16.1. The number of nitrogens with two attached hydrogens (primary N) is 1. The Balaban J connectivity index is 2.33. The Morgan fingerprint density at radius 3 is 2.38 bits per heavy atom. The molecule has 0 aromatic carbocycles. The lowest BCUT2D eigenvalue weighted by atomic mass is 10.1. The summed E-state index contributed by atoms with van der Waals surface area (Å²) in [6.07, 6.45) is 1.04. The second kappa shape index (κ2) is 9.78. The van der Waals surface area contributed by atoms with Gasteiger partial charge >= 0.3 is 17.9 Å². The minimum absolute atomic E-state index is 0.226. The van der Waals surface area contributed by atoms with Crippen molar-refractivity contribution in [3.63, 3.8) is 0 Å². The van der Waals surface area contributed by atoms with Gasteiger partial charge in [-0.25, -0.2) is 0 Å². The molecule has 0 spiro atoms. The lowest BCUT2D eigenvalue weighted by Crippen LogP contribution is -2.44. The van der Waals surface area contributed by atoms with Crippen molar-refractivity contribution in [2.75, 3.05) is 6.61 Å². The third-order valence-electron chi connectivity index (χ3n) is 3.98. The molecule has 0 unspecified atom stereocenters. The first-order valence-corrected chi connectivity index (χ1v) is 8.66. The first kappa shape index (κ1) is 22.0. The molecule has 2 heterocycles. The van der Waals surface area contributed by atoms with Crippen LogP contribution in [-0.2, 0) is 38.1 Å². The van der Waals surface area contributed by atoms with Crippen LogP contribution in [0.1, 0.15) is 27.2 Å². The van der Waals surface area contributed by atoms with E-state index in [0.717, 1.165) is 0 Å². The maximum absolute atomic E-state index is 11.9. The van der Waals surface area contributed by atoms with E-state index in [-0.39, 0.29) is 18.6 Å². The summed E-state index contributed by atoms with van der Waals surface area (Å²) in [7, 11) is 0. The van der Waals surface area contributed by atoms with Crippen LogP contribution in [0.25, 0.3) is 0 Å². The molecule has 29 heavy (non-hydrogen) atoms. The molecule has 2 N–H and O–H groups in total. The molecule has 0 radical (unpaired) electrons. The van der Waals surface area contributed by atoms with Gasteiger partial charge in [-0.3, -0.25) is 19.2 Å². The molecule has 1 saturated heterocycles. The minimum atomic E-state index is -1.05. The number of nitrogens with zero attached hydrogens (tertiary/aromatic N) is 3. The van der Waals surface area contributed by atoms with Gasteiger partial charge in [-0.05, 0) is 6.42 Å². The van der Waals surface area contributed by atoms with Gasteiger partial charge in [-0.1, -0.05) is 16.4 Å². The van der Waals surface area contributed by atoms with E-state index in [4.69, 9.17) is 24.8 Å². The standard InChI is InChI=1S/C17H22N4O8/c1-9(22)26-8-13-14(27-10(2)23)15(28-11(3)24)17(29-13)21-6-4-5-12(7-21)16(25)19-20-18/h4,6-7,13-15,17H,5,8H2,1-3H3,(H2,18,19,25)/t13-,14-,15-,17-/m1/s1. The number of carbonyl (C=O) groups excluding carboxylic acids is 4. The van der Waals surface area contributed by atoms with Crippen molar-refractivity contribution in [3.8, 4) is 0 Å². The summed E-state index contributed by atoms with van der Waals surface area (Å²) in [5.74, 6) is 2.46. The summed E-state index contributed by atoms with van der Waals surface area (Å²) in [6.45, 7) is 3.38. The number of allylic oxidation sites excluding steroid dienone is 1. The van der Waals surface area contributed by atoms with Gasteiger partial charge in [-0.15, -0.1) is 0 Å². The van der Waals surface area contributed by atoms with Gasteiger partial charge in [-0.2, -0.15) is 0 Å². The lowest BCUT2D eigenvalue weighted by Gasteiger charge is -2.30. The van der Waals surface area contributed by atoms with Gasteiger partial charge in [0.2, 0.25) is 0 Å². The quantitative estimate of drug-likeness (QED) is 0.209. The minimum Gasteiger partial charge on any atom is -0.463 e. The SMILES string of the molecule is CC(=O)OC[C@H]1O[C@@H](N2C=CCC(C(=O)N=NN)=C2)[C@H](OC(C)=O)[C@@H]1OC(C)=O. The molecular formula is C17H22N4O8. The van der Waals surface area contributed by atoms with Crippen LogP contribution in [0.4, 0.5) is 0 Å². The Hall–Kier alpha value is -3.28. The fraction of sp³-hybridized carbons (Fsp3) is 0.529. The number of carbonyl (C=O) groups is 4. The van der Waals surface area contributed by atoms with Crippen molar-refractivity contribution in [3.05, 3.63) is 24.0 Å². The predicted molar refractivity (Wildman–Crippen MR) is 94.1 cm³/mol. The summed E-state index contributed by atoms with van der Waals surface area (Å²) >= 11 is 0. The van der Waals surface area contributed by atoms with Crippen LogP contribution in [-0.4, -0.2) is 59.9 Å². The molecule has 0 bridgehead atoms. The largest absolute Gasteiger partial charge is 0.463 e. The second-order valence-electron chi connectivity index (χ2n) is 6.23. The van der Waals surface area contributed by atoms with Crippen LogP contribution in [0.3, 0.4) is 0 Å². The number of hydrogen-bond donors (Lipinski definition) is 1. The molecule has 1 amide bonds. The molecule has 1 fully saturated rings. The summed E-state index contributed by atoms with van der Waals surface area (Å²) in [6, 6.07) is 0. The number of ether oxygens (including phenoxy) is 4. The molecule has 4 atom stereocenters. The van der Waals surface area contributed by atoms with Crippen molar-refractivity contribution in [2.24, 2.45) is 16.2 Å². The zero-order valence-corrected chi connectivity index (χ0v) is 16.1. The van der Waals surface area contributed by atoms with Crippen LogP contribution in [0.5, 0.6) is 0 Å². The highest BCUT2D eigenvalue weighted by Gasteiger charge is 2.51. The molecule has 0 aliphatic carbocycles. The van der Waals surface area contributed by atoms with Crippen LogP contribution >= 0.6 is 0 Å². The van der Waals surface area contributed by atoms with E-state index in [2.05, 4.69) is 10.3 Å². The molecule has 2 aliphatic rings. The lowest BCUT2D eigenvalue weighted by molar-refractivity contribution is -0.166. The Morgan fingerprint density at radius 1 is 1.14 bits per heavy atom. The van der Waals surface area contributed by atoms with Gasteiger partial charge in [0.1, 0.15) is 12.7 Å². The smallest absolute Gasteiger partial charge is 0.303 e. The average Bonchev–Trinajstić information content (AvgIpc) is 2.96. The van der Waals surface area contributed by atoms with Crippen LogP contribution in [0.2, 0.25) is 0 Å². The first-order chi connectivity index (χ1) is 13.7. The highest BCUT2D eigenvalue weighted by atomic mass is 16.7. The zero-order chi connectivity index (χ0) is 21.6. The highest BCUT2D eigenvalue weighted by Crippen LogP contribution is 2.32. The Labute approximate surface area is 166 Å². The number of rotatable bonds is 6. The van der Waals surface area contributed by atoms with Gasteiger partial charge in [0, 0.05) is 38.7 Å². The summed E-state index contributed by atoms with van der Waals surface area (Å²) in [5, 5.41) is 6.25. The van der Waals surface area contributed by atoms with E-state index in [1.807, 2.05) is 0 Å². The van der Waals surface area contributed by atoms with E-state index in [0.29, 0.717) is 0 Å². The third kappa shape index (κ3) is 5.85. The topological polar surface area (TPSA) is 159 Å². The van der Waals surface area contributed by atoms with Gasteiger partial charge < -0.3 is 29.7 Å². The maximum atomic E-state index is 11.9. The Morgan fingerprint density at radius 2 is 1.79 bits per heavy atom. The number of hydrogen-bond acceptors (Lipinski definition) is 10. The normalized spacial score (nSPS) is 26.2. The summed E-state index contributed by atoms with van der Waals surface area (Å²) in [5.41, 5.74) is 0.263. The monoisotopic (exact) mass is 410 g/mol. The van der Waals surface area contributed by atoms with E-state index in [1.165, 1.54) is 31.9 Å². The number of esters is 3. The Kier molecular flexibility index (Phi) is 7.42. The average molecular weight is 410 g/mol. The van der Waals surface area contributed by atoms with Crippen molar-refractivity contribution in [1.29, 1.82) is 0 Å². The molecule has 0 saturated carbocycles. The molecule has 12 heteroatoms. The first-order valence-electron chi connectivity index (χ1n) is 8.66. The van der Waals surface area contributed by atoms with E-state index in [1.54, 1.807) is 12.3 Å².